The van der Waals surface area contributed by atoms with Crippen LogP contribution in [0.5, 0.6) is 0 Å². The highest BCUT2D eigenvalue weighted by molar-refractivity contribution is 5.95. The number of benzene rings is 1. The van der Waals surface area contributed by atoms with Crippen molar-refractivity contribution in [3.63, 3.8) is 0 Å². The van der Waals surface area contributed by atoms with Gasteiger partial charge in [-0.1, -0.05) is 25.3 Å². The van der Waals surface area contributed by atoms with Crippen LogP contribution < -0.4 is 11.1 Å². The first-order valence-corrected chi connectivity index (χ1v) is 6.34. The van der Waals surface area contributed by atoms with Gasteiger partial charge in [-0.3, -0.25) is 4.79 Å². The van der Waals surface area contributed by atoms with Crippen LogP contribution in [-0.2, 0) is 0 Å². The Morgan fingerprint density at radius 2 is 2.00 bits per heavy atom. The summed E-state index contributed by atoms with van der Waals surface area (Å²) in [6, 6.07) is 6.24. The Bertz CT molecular complexity index is 409. The first-order chi connectivity index (χ1) is 8.18. The summed E-state index contributed by atoms with van der Waals surface area (Å²) in [5.74, 6) is -0.352. The molecule has 1 aliphatic carbocycles. The molecule has 0 atom stereocenters. The Labute approximate surface area is 102 Å². The highest BCUT2D eigenvalue weighted by Gasteiger charge is 2.15. The van der Waals surface area contributed by atoms with Crippen LogP contribution in [0.15, 0.2) is 18.2 Å². The third-order valence-electron chi connectivity index (χ3n) is 3.56. The Hall–Kier alpha value is -1.51. The van der Waals surface area contributed by atoms with Gasteiger partial charge >= 0.3 is 0 Å². The molecule has 3 N–H and O–H groups in total. The van der Waals surface area contributed by atoms with Gasteiger partial charge in [-0.2, -0.15) is 0 Å². The minimum absolute atomic E-state index is 0.352. The molecule has 0 unspecified atom stereocenters. The zero-order chi connectivity index (χ0) is 12.3. The molecule has 3 heteroatoms. The van der Waals surface area contributed by atoms with Gasteiger partial charge in [-0.05, 0) is 37.5 Å². The van der Waals surface area contributed by atoms with Crippen LogP contribution in [0.4, 0.5) is 5.69 Å². The molecule has 2 rings (SSSR count). The normalized spacial score (nSPS) is 16.8. The second-order valence-corrected chi connectivity index (χ2v) is 4.82. The van der Waals surface area contributed by atoms with E-state index < -0.39 is 0 Å². The second kappa shape index (κ2) is 5.21. The monoisotopic (exact) mass is 232 g/mol. The van der Waals surface area contributed by atoms with Crippen LogP contribution >= 0.6 is 0 Å². The maximum absolute atomic E-state index is 11.3. The summed E-state index contributed by atoms with van der Waals surface area (Å²) >= 11 is 0. The summed E-state index contributed by atoms with van der Waals surface area (Å²) in [4.78, 5) is 11.3. The Kier molecular flexibility index (Phi) is 3.67. The van der Waals surface area contributed by atoms with E-state index in [-0.39, 0.29) is 5.91 Å². The Balaban J connectivity index is 2.15. The molecule has 0 spiro atoms. The van der Waals surface area contributed by atoms with E-state index in [0.29, 0.717) is 11.6 Å². The van der Waals surface area contributed by atoms with Crippen LogP contribution in [-0.4, -0.2) is 11.9 Å². The number of rotatable bonds is 3. The van der Waals surface area contributed by atoms with Gasteiger partial charge in [-0.15, -0.1) is 0 Å². The van der Waals surface area contributed by atoms with Gasteiger partial charge in [0, 0.05) is 17.3 Å². The molecule has 0 aromatic heterocycles. The molecular formula is C14H20N2O. The summed E-state index contributed by atoms with van der Waals surface area (Å²) in [6.45, 7) is 1.95. The number of anilines is 1. The standard InChI is InChI=1S/C14H20N2O/c1-10-12(14(15)17)8-5-9-13(10)16-11-6-3-2-4-7-11/h5,8-9,11,16H,2-4,6-7H2,1H3,(H2,15,17). The Morgan fingerprint density at radius 1 is 1.29 bits per heavy atom. The maximum Gasteiger partial charge on any atom is 0.249 e. The largest absolute Gasteiger partial charge is 0.382 e. The van der Waals surface area contributed by atoms with Crippen molar-refractivity contribution in [1.82, 2.24) is 0 Å². The van der Waals surface area contributed by atoms with Gasteiger partial charge in [-0.25, -0.2) is 0 Å². The lowest BCUT2D eigenvalue weighted by Gasteiger charge is -2.25. The van der Waals surface area contributed by atoms with Gasteiger partial charge in [0.1, 0.15) is 0 Å². The third kappa shape index (κ3) is 2.78. The third-order valence-corrected chi connectivity index (χ3v) is 3.56. The molecular weight excluding hydrogens is 212 g/mol. The zero-order valence-corrected chi connectivity index (χ0v) is 10.3. The highest BCUT2D eigenvalue weighted by atomic mass is 16.1. The molecule has 1 aromatic rings. The summed E-state index contributed by atoms with van der Waals surface area (Å²) in [6.07, 6.45) is 6.39. The van der Waals surface area contributed by atoms with Gasteiger partial charge in [0.25, 0.3) is 0 Å². The van der Waals surface area contributed by atoms with Crippen molar-refractivity contribution in [1.29, 1.82) is 0 Å². The van der Waals surface area contributed by atoms with Crippen molar-refractivity contribution >= 4 is 11.6 Å². The number of carbonyl (C=O) groups excluding carboxylic acids is 1. The van der Waals surface area contributed by atoms with E-state index in [4.69, 9.17) is 5.73 Å². The zero-order valence-electron chi connectivity index (χ0n) is 10.3. The van der Waals surface area contributed by atoms with Crippen molar-refractivity contribution in [3.05, 3.63) is 29.3 Å². The molecule has 1 aliphatic rings. The topological polar surface area (TPSA) is 55.1 Å². The molecule has 3 nitrogen and oxygen atoms in total. The fourth-order valence-corrected chi connectivity index (χ4v) is 2.53. The molecule has 0 bridgehead atoms. The van der Waals surface area contributed by atoms with Gasteiger partial charge in [0.2, 0.25) is 5.91 Å². The summed E-state index contributed by atoms with van der Waals surface area (Å²) in [5, 5.41) is 3.54. The van der Waals surface area contributed by atoms with Gasteiger partial charge in [0.05, 0.1) is 0 Å². The van der Waals surface area contributed by atoms with Crippen LogP contribution in [0.2, 0.25) is 0 Å². The fourth-order valence-electron chi connectivity index (χ4n) is 2.53. The van der Waals surface area contributed by atoms with Crippen molar-refractivity contribution in [3.8, 4) is 0 Å². The number of amides is 1. The van der Waals surface area contributed by atoms with Gasteiger partial charge in [0.15, 0.2) is 0 Å². The van der Waals surface area contributed by atoms with Crippen molar-refractivity contribution in [2.45, 2.75) is 45.1 Å². The summed E-state index contributed by atoms with van der Waals surface area (Å²) in [5.41, 5.74) is 7.98. The number of primary amides is 1. The predicted molar refractivity (Wildman–Crippen MR) is 70.2 cm³/mol. The van der Waals surface area contributed by atoms with E-state index in [0.717, 1.165) is 11.3 Å². The van der Waals surface area contributed by atoms with Crippen molar-refractivity contribution < 1.29 is 4.79 Å². The van der Waals surface area contributed by atoms with E-state index in [2.05, 4.69) is 5.32 Å². The molecule has 0 aliphatic heterocycles. The van der Waals surface area contributed by atoms with Crippen LogP contribution in [0, 0.1) is 6.92 Å². The average molecular weight is 232 g/mol. The quantitative estimate of drug-likeness (QED) is 0.842. The lowest BCUT2D eigenvalue weighted by atomic mass is 9.94. The molecule has 1 amide bonds. The molecule has 0 saturated heterocycles. The van der Waals surface area contributed by atoms with Crippen LogP contribution in [0.25, 0.3) is 0 Å². The molecule has 1 saturated carbocycles. The minimum atomic E-state index is -0.352. The second-order valence-electron chi connectivity index (χ2n) is 4.82. The number of nitrogens with two attached hydrogens (primary N) is 1. The number of carbonyl (C=O) groups is 1. The molecule has 0 heterocycles. The number of hydrogen-bond acceptors (Lipinski definition) is 2. The number of hydrogen-bond donors (Lipinski definition) is 2. The van der Waals surface area contributed by atoms with E-state index in [9.17, 15) is 4.79 Å². The average Bonchev–Trinajstić information content (AvgIpc) is 2.33. The summed E-state index contributed by atoms with van der Waals surface area (Å²) in [7, 11) is 0. The SMILES string of the molecule is Cc1c(NC2CCCCC2)cccc1C(N)=O. The molecule has 1 fully saturated rings. The molecule has 92 valence electrons. The van der Waals surface area contributed by atoms with Gasteiger partial charge < -0.3 is 11.1 Å². The van der Waals surface area contributed by atoms with E-state index in [1.54, 1.807) is 6.07 Å². The first-order valence-electron chi connectivity index (χ1n) is 6.34. The first kappa shape index (κ1) is 12.0. The molecule has 1 aromatic carbocycles. The predicted octanol–water partition coefficient (Wildman–Crippen LogP) is 2.84. The lowest BCUT2D eigenvalue weighted by molar-refractivity contribution is 0.1000. The van der Waals surface area contributed by atoms with Crippen molar-refractivity contribution in [2.24, 2.45) is 5.73 Å². The Morgan fingerprint density at radius 3 is 2.65 bits per heavy atom. The minimum Gasteiger partial charge on any atom is -0.382 e. The smallest absolute Gasteiger partial charge is 0.249 e. The van der Waals surface area contributed by atoms with E-state index in [1.807, 2.05) is 19.1 Å². The fraction of sp³-hybridized carbons (Fsp3) is 0.500. The van der Waals surface area contributed by atoms with E-state index in [1.165, 1.54) is 32.1 Å². The number of nitrogens with one attached hydrogen (secondary N) is 1. The molecule has 17 heavy (non-hydrogen) atoms. The van der Waals surface area contributed by atoms with E-state index >= 15 is 0 Å². The van der Waals surface area contributed by atoms with Crippen molar-refractivity contribution in [2.75, 3.05) is 5.32 Å². The lowest BCUT2D eigenvalue weighted by Crippen LogP contribution is -2.23. The summed E-state index contributed by atoms with van der Waals surface area (Å²) < 4.78 is 0. The van der Waals surface area contributed by atoms with Crippen LogP contribution in [0.1, 0.15) is 48.0 Å². The van der Waals surface area contributed by atoms with Crippen LogP contribution in [0.3, 0.4) is 0 Å². The molecule has 0 radical (unpaired) electrons. The highest BCUT2D eigenvalue weighted by Crippen LogP contribution is 2.24. The maximum atomic E-state index is 11.3.